The first-order valence-corrected chi connectivity index (χ1v) is 3.71. The number of benzene rings is 1. The number of rotatable bonds is 2. The van der Waals surface area contributed by atoms with E-state index in [2.05, 4.69) is 16.9 Å². The van der Waals surface area contributed by atoms with Crippen LogP contribution in [0.3, 0.4) is 0 Å². The topological polar surface area (TPSA) is 47.8 Å². The van der Waals surface area contributed by atoms with Gasteiger partial charge >= 0.3 is 0 Å². The lowest BCUT2D eigenvalue weighted by atomic mass is 10.1. The summed E-state index contributed by atoms with van der Waals surface area (Å²) in [5.41, 5.74) is 8.43. The molecule has 62 valence electrons. The van der Waals surface area contributed by atoms with Gasteiger partial charge in [-0.3, -0.25) is 0 Å². The molecule has 0 atom stereocenters. The first-order chi connectivity index (χ1) is 5.77. The van der Waals surface area contributed by atoms with Gasteiger partial charge in [0.25, 0.3) is 0 Å². The summed E-state index contributed by atoms with van der Waals surface area (Å²) in [4.78, 5) is 0. The number of hydrogen-bond donors (Lipinski definition) is 2. The van der Waals surface area contributed by atoms with Gasteiger partial charge < -0.3 is 5.43 Å². The van der Waals surface area contributed by atoms with Crippen LogP contribution >= 0.6 is 0 Å². The van der Waals surface area contributed by atoms with Gasteiger partial charge in [0.05, 0.1) is 11.6 Å². The van der Waals surface area contributed by atoms with Gasteiger partial charge in [-0.25, -0.2) is 5.43 Å². The van der Waals surface area contributed by atoms with Crippen LogP contribution in [-0.4, -0.2) is 7.05 Å². The normalized spacial score (nSPS) is 9.08. The zero-order valence-corrected chi connectivity index (χ0v) is 7.18. The highest BCUT2D eigenvalue weighted by Crippen LogP contribution is 2.12. The van der Waals surface area contributed by atoms with Gasteiger partial charge in [-0.15, -0.1) is 0 Å². The van der Waals surface area contributed by atoms with Gasteiger partial charge in [0.15, 0.2) is 0 Å². The van der Waals surface area contributed by atoms with Crippen molar-refractivity contribution in [2.45, 2.75) is 6.92 Å². The van der Waals surface area contributed by atoms with Crippen LogP contribution < -0.4 is 10.9 Å². The highest BCUT2D eigenvalue weighted by Gasteiger charge is 1.96. The average Bonchev–Trinajstić information content (AvgIpc) is 2.05. The fourth-order valence-electron chi connectivity index (χ4n) is 1.01. The molecule has 0 aliphatic rings. The van der Waals surface area contributed by atoms with Crippen LogP contribution in [0.2, 0.25) is 0 Å². The van der Waals surface area contributed by atoms with E-state index in [0.29, 0.717) is 0 Å². The van der Waals surface area contributed by atoms with Gasteiger partial charge in [-0.1, -0.05) is 0 Å². The molecule has 1 aromatic carbocycles. The molecule has 0 fully saturated rings. The Morgan fingerprint density at radius 3 is 2.67 bits per heavy atom. The lowest BCUT2D eigenvalue weighted by molar-refractivity contribution is 0.983. The van der Waals surface area contributed by atoms with E-state index < -0.39 is 0 Å². The molecule has 0 aliphatic heterocycles. The molecule has 0 bridgehead atoms. The number of aryl methyl sites for hydroxylation is 1. The van der Waals surface area contributed by atoms with E-state index in [0.717, 1.165) is 16.8 Å². The second-order valence-electron chi connectivity index (χ2n) is 2.52. The molecule has 12 heavy (non-hydrogen) atoms. The maximum absolute atomic E-state index is 8.65. The minimum atomic E-state index is 0.719. The van der Waals surface area contributed by atoms with E-state index in [1.54, 1.807) is 13.1 Å². The molecule has 0 amide bonds. The molecule has 0 aromatic heterocycles. The Labute approximate surface area is 72.0 Å². The molecule has 0 radical (unpaired) electrons. The van der Waals surface area contributed by atoms with Crippen molar-refractivity contribution >= 4 is 5.69 Å². The lowest BCUT2D eigenvalue weighted by Crippen LogP contribution is -2.14. The Bertz CT molecular complexity index is 312. The molecule has 0 saturated carbocycles. The Hall–Kier alpha value is -1.53. The zero-order valence-electron chi connectivity index (χ0n) is 7.18. The second-order valence-corrected chi connectivity index (χ2v) is 2.52. The van der Waals surface area contributed by atoms with Crippen LogP contribution in [0.25, 0.3) is 0 Å². The number of anilines is 1. The highest BCUT2D eigenvalue weighted by molar-refractivity contribution is 5.50. The van der Waals surface area contributed by atoms with Crippen LogP contribution in [-0.2, 0) is 0 Å². The predicted molar refractivity (Wildman–Crippen MR) is 48.6 cm³/mol. The largest absolute Gasteiger partial charge is 0.322 e. The minimum Gasteiger partial charge on any atom is -0.322 e. The Kier molecular flexibility index (Phi) is 2.67. The standard InChI is InChI=1S/C9H11N3/c1-7-5-9(12-11-2)4-3-8(7)6-10/h3-5,11-12H,1-2H3. The molecular weight excluding hydrogens is 150 g/mol. The fourth-order valence-corrected chi connectivity index (χ4v) is 1.01. The summed E-state index contributed by atoms with van der Waals surface area (Å²) in [5, 5.41) is 8.65. The summed E-state index contributed by atoms with van der Waals surface area (Å²) in [6.07, 6.45) is 0. The van der Waals surface area contributed by atoms with Gasteiger partial charge in [0.1, 0.15) is 0 Å². The summed E-state index contributed by atoms with van der Waals surface area (Å²) in [6.45, 7) is 1.92. The summed E-state index contributed by atoms with van der Waals surface area (Å²) in [7, 11) is 1.80. The van der Waals surface area contributed by atoms with Crippen molar-refractivity contribution in [1.82, 2.24) is 5.43 Å². The van der Waals surface area contributed by atoms with Gasteiger partial charge in [-0.2, -0.15) is 5.26 Å². The van der Waals surface area contributed by atoms with E-state index in [9.17, 15) is 0 Å². The smallest absolute Gasteiger partial charge is 0.0994 e. The first-order valence-electron chi connectivity index (χ1n) is 3.71. The summed E-state index contributed by atoms with van der Waals surface area (Å²) in [5.74, 6) is 0. The fraction of sp³-hybridized carbons (Fsp3) is 0.222. The summed E-state index contributed by atoms with van der Waals surface area (Å²) in [6, 6.07) is 7.71. The Morgan fingerprint density at radius 2 is 2.17 bits per heavy atom. The van der Waals surface area contributed by atoms with Crippen LogP contribution in [0.15, 0.2) is 18.2 Å². The number of hydrazine groups is 1. The number of nitrogens with zero attached hydrogens (tertiary/aromatic N) is 1. The van der Waals surface area contributed by atoms with E-state index in [4.69, 9.17) is 5.26 Å². The minimum absolute atomic E-state index is 0.719. The van der Waals surface area contributed by atoms with Crippen LogP contribution in [0.5, 0.6) is 0 Å². The van der Waals surface area contributed by atoms with E-state index in [1.807, 2.05) is 19.1 Å². The molecule has 1 rings (SSSR count). The Morgan fingerprint density at radius 1 is 1.42 bits per heavy atom. The van der Waals surface area contributed by atoms with Crippen molar-refractivity contribution in [3.05, 3.63) is 29.3 Å². The van der Waals surface area contributed by atoms with Gasteiger partial charge in [0.2, 0.25) is 0 Å². The van der Waals surface area contributed by atoms with Crippen LogP contribution in [0.4, 0.5) is 5.69 Å². The maximum Gasteiger partial charge on any atom is 0.0994 e. The number of nitrogens with one attached hydrogen (secondary N) is 2. The third-order valence-corrected chi connectivity index (χ3v) is 1.62. The molecule has 0 heterocycles. The Balaban J connectivity index is 2.96. The van der Waals surface area contributed by atoms with Crippen molar-refractivity contribution in [1.29, 1.82) is 5.26 Å². The van der Waals surface area contributed by atoms with Crippen LogP contribution in [0.1, 0.15) is 11.1 Å². The molecule has 3 nitrogen and oxygen atoms in total. The van der Waals surface area contributed by atoms with Crippen molar-refractivity contribution in [3.63, 3.8) is 0 Å². The average molecular weight is 161 g/mol. The molecule has 0 unspecified atom stereocenters. The van der Waals surface area contributed by atoms with Gasteiger partial charge in [0, 0.05) is 12.7 Å². The lowest BCUT2D eigenvalue weighted by Gasteiger charge is -2.05. The van der Waals surface area contributed by atoms with Crippen molar-refractivity contribution < 1.29 is 0 Å². The monoisotopic (exact) mass is 161 g/mol. The summed E-state index contributed by atoms with van der Waals surface area (Å²) < 4.78 is 0. The van der Waals surface area contributed by atoms with E-state index in [-0.39, 0.29) is 0 Å². The quantitative estimate of drug-likeness (QED) is 0.645. The molecular formula is C9H11N3. The summed E-state index contributed by atoms with van der Waals surface area (Å²) >= 11 is 0. The third-order valence-electron chi connectivity index (χ3n) is 1.62. The van der Waals surface area contributed by atoms with Crippen molar-refractivity contribution in [3.8, 4) is 6.07 Å². The van der Waals surface area contributed by atoms with Gasteiger partial charge in [-0.05, 0) is 30.7 Å². The molecule has 1 aromatic rings. The number of hydrogen-bond acceptors (Lipinski definition) is 3. The predicted octanol–water partition coefficient (Wildman–Crippen LogP) is 1.41. The third kappa shape index (κ3) is 1.74. The molecule has 0 aliphatic carbocycles. The second kappa shape index (κ2) is 3.74. The van der Waals surface area contributed by atoms with Crippen LogP contribution in [0, 0.1) is 18.3 Å². The van der Waals surface area contributed by atoms with E-state index in [1.165, 1.54) is 0 Å². The van der Waals surface area contributed by atoms with E-state index >= 15 is 0 Å². The van der Waals surface area contributed by atoms with Crippen molar-refractivity contribution in [2.24, 2.45) is 0 Å². The first kappa shape index (κ1) is 8.57. The molecule has 0 spiro atoms. The maximum atomic E-state index is 8.65. The number of nitriles is 1. The molecule has 3 heteroatoms. The zero-order chi connectivity index (χ0) is 8.97. The SMILES string of the molecule is CNNc1ccc(C#N)c(C)c1. The van der Waals surface area contributed by atoms with Crippen molar-refractivity contribution in [2.75, 3.05) is 12.5 Å². The molecule has 2 N–H and O–H groups in total. The highest BCUT2D eigenvalue weighted by atomic mass is 15.3. The molecule has 0 saturated heterocycles.